The van der Waals surface area contributed by atoms with Gasteiger partial charge < -0.3 is 15.1 Å². The molecule has 0 aromatic rings. The van der Waals surface area contributed by atoms with Crippen LogP contribution < -0.4 is 0 Å². The Hall–Kier alpha value is -0.640. The zero-order chi connectivity index (χ0) is 19.8. The number of rotatable bonds is 12. The number of hydrogen-bond donors (Lipinski definition) is 2. The Morgan fingerprint density at radius 3 is 2.74 bits per heavy atom. The summed E-state index contributed by atoms with van der Waals surface area (Å²) in [6, 6.07) is 0. The predicted molar refractivity (Wildman–Crippen MR) is 115 cm³/mol. The van der Waals surface area contributed by atoms with Crippen molar-refractivity contribution in [3.05, 3.63) is 23.8 Å². The van der Waals surface area contributed by atoms with E-state index in [0.29, 0.717) is 17.8 Å². The Bertz CT molecular complexity index is 485. The Balaban J connectivity index is 1.78. The van der Waals surface area contributed by atoms with E-state index >= 15 is 0 Å². The van der Waals surface area contributed by atoms with Gasteiger partial charge in [-0.1, -0.05) is 56.9 Å². The number of unbranched alkanes of at least 4 members (excludes halogenated alkanes) is 2. The highest BCUT2D eigenvalue weighted by Gasteiger charge is 2.43. The lowest BCUT2D eigenvalue weighted by molar-refractivity contribution is 0.139. The minimum absolute atomic E-state index is 0.214. The van der Waals surface area contributed by atoms with Gasteiger partial charge in [0.2, 0.25) is 0 Å². The Labute approximate surface area is 167 Å². The van der Waals surface area contributed by atoms with Crippen LogP contribution in [0, 0.1) is 23.7 Å². The molecule has 0 saturated heterocycles. The van der Waals surface area contributed by atoms with E-state index in [1.165, 1.54) is 45.1 Å². The van der Waals surface area contributed by atoms with E-state index < -0.39 is 0 Å². The number of fused-ring (bicyclic) bond motifs is 1. The maximum Gasteiger partial charge on any atom is 0.0723 e. The highest BCUT2D eigenvalue weighted by atomic mass is 16.3. The predicted octanol–water partition coefficient (Wildman–Crippen LogP) is 4.80. The summed E-state index contributed by atoms with van der Waals surface area (Å²) in [5.41, 5.74) is 1.60. The Morgan fingerprint density at radius 2 is 2.04 bits per heavy atom. The van der Waals surface area contributed by atoms with Crippen LogP contribution in [0.3, 0.4) is 0 Å². The Morgan fingerprint density at radius 1 is 1.26 bits per heavy atom. The van der Waals surface area contributed by atoms with Gasteiger partial charge in [0.1, 0.15) is 0 Å². The molecule has 0 heterocycles. The van der Waals surface area contributed by atoms with Crippen molar-refractivity contribution in [1.82, 2.24) is 4.90 Å². The van der Waals surface area contributed by atoms with Crippen LogP contribution >= 0.6 is 0 Å². The van der Waals surface area contributed by atoms with Gasteiger partial charge in [-0.25, -0.2) is 0 Å². The second-order valence-electron chi connectivity index (χ2n) is 9.43. The average Bonchev–Trinajstić information content (AvgIpc) is 3.11. The number of aliphatic hydroxyl groups excluding tert-OH is 2. The van der Waals surface area contributed by atoms with Gasteiger partial charge in [0, 0.05) is 5.92 Å². The molecular weight excluding hydrogens is 334 g/mol. The molecular formula is C24H43NO2. The standard InChI is InChI=1S/C24H43NO2/c1-5-6-9-18(2)14-21(26)11-12-22-23-16-19(10-7-8-13-25(3)4)15-20(23)17-24(22)27/h11-12,15,18,20-24,26-27H,5-10,13-14,16-17H2,1-4H3/b12-11+/t18-,20-,21+,22+,23-,24+/m0/s1. The molecule has 0 aliphatic heterocycles. The van der Waals surface area contributed by atoms with Gasteiger partial charge in [-0.3, -0.25) is 0 Å². The molecule has 156 valence electrons. The largest absolute Gasteiger partial charge is 0.392 e. The van der Waals surface area contributed by atoms with Crippen molar-refractivity contribution in [2.45, 2.75) is 83.8 Å². The van der Waals surface area contributed by atoms with Crippen molar-refractivity contribution in [1.29, 1.82) is 0 Å². The lowest BCUT2D eigenvalue weighted by Gasteiger charge is -2.19. The molecule has 3 heteroatoms. The zero-order valence-electron chi connectivity index (χ0n) is 18.1. The first-order valence-corrected chi connectivity index (χ1v) is 11.3. The van der Waals surface area contributed by atoms with Crippen LogP contribution in [0.5, 0.6) is 0 Å². The van der Waals surface area contributed by atoms with Crippen molar-refractivity contribution in [2.24, 2.45) is 23.7 Å². The summed E-state index contributed by atoms with van der Waals surface area (Å²) in [6.07, 6.45) is 16.2. The van der Waals surface area contributed by atoms with Crippen molar-refractivity contribution in [3.8, 4) is 0 Å². The third-order valence-corrected chi connectivity index (χ3v) is 6.55. The molecule has 0 radical (unpaired) electrons. The highest BCUT2D eigenvalue weighted by Crippen LogP contribution is 2.48. The lowest BCUT2D eigenvalue weighted by atomic mass is 9.88. The van der Waals surface area contributed by atoms with Crippen LogP contribution in [0.15, 0.2) is 23.8 Å². The fraction of sp³-hybridized carbons (Fsp3) is 0.833. The van der Waals surface area contributed by atoms with Crippen LogP contribution in [0.2, 0.25) is 0 Å². The monoisotopic (exact) mass is 377 g/mol. The second kappa shape index (κ2) is 11.4. The molecule has 2 aliphatic carbocycles. The molecule has 2 rings (SSSR count). The normalized spacial score (nSPS) is 30.1. The van der Waals surface area contributed by atoms with E-state index in [0.717, 1.165) is 19.3 Å². The lowest BCUT2D eigenvalue weighted by Crippen LogP contribution is -2.18. The van der Waals surface area contributed by atoms with Crippen LogP contribution in [0.25, 0.3) is 0 Å². The molecule has 6 atom stereocenters. The van der Waals surface area contributed by atoms with Crippen LogP contribution in [0.4, 0.5) is 0 Å². The van der Waals surface area contributed by atoms with E-state index in [9.17, 15) is 10.2 Å². The SMILES string of the molecule is CCCC[C@H](C)C[C@H](O)/C=C/[C@@H]1[C@H]2CC(CCCCN(C)C)=C[C@H]2C[C@H]1O. The summed E-state index contributed by atoms with van der Waals surface area (Å²) < 4.78 is 0. The first kappa shape index (κ1) is 22.6. The smallest absolute Gasteiger partial charge is 0.0723 e. The van der Waals surface area contributed by atoms with Gasteiger partial charge >= 0.3 is 0 Å². The van der Waals surface area contributed by atoms with Crippen LogP contribution in [0.1, 0.15) is 71.6 Å². The Kier molecular flexibility index (Phi) is 9.55. The van der Waals surface area contributed by atoms with Crippen molar-refractivity contribution < 1.29 is 10.2 Å². The molecule has 0 spiro atoms. The molecule has 1 saturated carbocycles. The second-order valence-corrected chi connectivity index (χ2v) is 9.43. The minimum Gasteiger partial charge on any atom is -0.392 e. The first-order chi connectivity index (χ1) is 12.9. The number of nitrogens with zero attached hydrogens (tertiary/aromatic N) is 1. The van der Waals surface area contributed by atoms with Crippen LogP contribution in [-0.2, 0) is 0 Å². The number of hydrogen-bond acceptors (Lipinski definition) is 3. The summed E-state index contributed by atoms with van der Waals surface area (Å²) in [5, 5.41) is 20.9. The van der Waals surface area contributed by atoms with Gasteiger partial charge in [-0.15, -0.1) is 0 Å². The summed E-state index contributed by atoms with van der Waals surface area (Å²) in [5.74, 6) is 1.86. The summed E-state index contributed by atoms with van der Waals surface area (Å²) in [6.45, 7) is 5.61. The molecule has 0 aromatic carbocycles. The topological polar surface area (TPSA) is 43.7 Å². The van der Waals surface area contributed by atoms with Crippen molar-refractivity contribution >= 4 is 0 Å². The fourth-order valence-electron chi connectivity index (χ4n) is 4.99. The molecule has 0 bridgehead atoms. The van der Waals surface area contributed by atoms with Gasteiger partial charge in [-0.05, 0) is 76.9 Å². The van der Waals surface area contributed by atoms with E-state index in [-0.39, 0.29) is 18.1 Å². The van der Waals surface area contributed by atoms with Crippen molar-refractivity contribution in [2.75, 3.05) is 20.6 Å². The number of aliphatic hydroxyl groups is 2. The maximum atomic E-state index is 10.5. The molecule has 1 fully saturated rings. The highest BCUT2D eigenvalue weighted by molar-refractivity contribution is 5.21. The molecule has 2 N–H and O–H groups in total. The number of allylic oxidation sites excluding steroid dienone is 2. The quantitative estimate of drug-likeness (QED) is 0.379. The first-order valence-electron chi connectivity index (χ1n) is 11.3. The molecule has 0 unspecified atom stereocenters. The van der Waals surface area contributed by atoms with Gasteiger partial charge in [0.15, 0.2) is 0 Å². The minimum atomic E-state index is -0.372. The third kappa shape index (κ3) is 7.36. The maximum absolute atomic E-state index is 10.5. The van der Waals surface area contributed by atoms with Crippen molar-refractivity contribution in [3.63, 3.8) is 0 Å². The zero-order valence-corrected chi connectivity index (χ0v) is 18.1. The summed E-state index contributed by atoms with van der Waals surface area (Å²) >= 11 is 0. The molecule has 27 heavy (non-hydrogen) atoms. The summed E-state index contributed by atoms with van der Waals surface area (Å²) in [7, 11) is 4.27. The van der Waals surface area contributed by atoms with E-state index in [1.807, 2.05) is 6.08 Å². The van der Waals surface area contributed by atoms with Crippen LogP contribution in [-0.4, -0.2) is 48.0 Å². The third-order valence-electron chi connectivity index (χ3n) is 6.55. The average molecular weight is 378 g/mol. The fourth-order valence-corrected chi connectivity index (χ4v) is 4.99. The van der Waals surface area contributed by atoms with Gasteiger partial charge in [-0.2, -0.15) is 0 Å². The molecule has 2 aliphatic rings. The molecule has 0 amide bonds. The molecule has 3 nitrogen and oxygen atoms in total. The van der Waals surface area contributed by atoms with E-state index in [4.69, 9.17) is 0 Å². The van der Waals surface area contributed by atoms with E-state index in [2.05, 4.69) is 45.0 Å². The van der Waals surface area contributed by atoms with E-state index in [1.54, 1.807) is 5.57 Å². The van der Waals surface area contributed by atoms with Gasteiger partial charge in [0.25, 0.3) is 0 Å². The van der Waals surface area contributed by atoms with Gasteiger partial charge in [0.05, 0.1) is 12.2 Å². The molecule has 0 aromatic heterocycles. The summed E-state index contributed by atoms with van der Waals surface area (Å²) in [4.78, 5) is 2.25.